The lowest BCUT2D eigenvalue weighted by Crippen LogP contribution is -2.38. The van der Waals surface area contributed by atoms with Crippen LogP contribution >= 0.6 is 0 Å². The maximum atomic E-state index is 12.6. The van der Waals surface area contributed by atoms with Crippen LogP contribution in [-0.2, 0) is 19.4 Å². The molecule has 1 aromatic rings. The summed E-state index contributed by atoms with van der Waals surface area (Å²) in [5, 5.41) is 4.72. The van der Waals surface area contributed by atoms with Gasteiger partial charge in [0.1, 0.15) is 0 Å². The molecule has 0 fully saturated rings. The van der Waals surface area contributed by atoms with Crippen LogP contribution in [0.25, 0.3) is 0 Å². The predicted octanol–water partition coefficient (Wildman–Crippen LogP) is 2.83. The molecule has 136 valence electrons. The van der Waals surface area contributed by atoms with Gasteiger partial charge in [0, 0.05) is 37.9 Å². The second-order valence-corrected chi connectivity index (χ2v) is 7.78. The zero-order valence-corrected chi connectivity index (χ0v) is 16.3. The molecule has 0 aliphatic heterocycles. The van der Waals surface area contributed by atoms with Crippen molar-refractivity contribution in [2.24, 2.45) is 5.92 Å². The third-order valence-electron chi connectivity index (χ3n) is 4.96. The largest absolute Gasteiger partial charge is 0.343 e. The summed E-state index contributed by atoms with van der Waals surface area (Å²) in [6.45, 7) is 8.65. The molecule has 0 spiro atoms. The van der Waals surface area contributed by atoms with Crippen molar-refractivity contribution in [2.75, 3.05) is 27.7 Å². The molecule has 0 aromatic carbocycles. The van der Waals surface area contributed by atoms with Crippen molar-refractivity contribution < 1.29 is 4.79 Å². The number of fused-ring (bicyclic) bond motifs is 1. The van der Waals surface area contributed by atoms with Gasteiger partial charge in [0.05, 0.1) is 0 Å². The van der Waals surface area contributed by atoms with Crippen LogP contribution in [0.3, 0.4) is 0 Å². The summed E-state index contributed by atoms with van der Waals surface area (Å²) < 4.78 is 2.10. The second-order valence-electron chi connectivity index (χ2n) is 7.78. The van der Waals surface area contributed by atoms with Crippen LogP contribution in [-0.4, -0.2) is 59.2 Å². The molecule has 1 aromatic heterocycles. The molecular formula is C19H34N4O. The van der Waals surface area contributed by atoms with E-state index in [0.717, 1.165) is 32.4 Å². The van der Waals surface area contributed by atoms with E-state index in [1.165, 1.54) is 24.1 Å². The van der Waals surface area contributed by atoms with E-state index in [-0.39, 0.29) is 5.91 Å². The Morgan fingerprint density at radius 2 is 2.04 bits per heavy atom. The highest BCUT2D eigenvalue weighted by molar-refractivity contribution is 5.93. The number of unbranched alkanes of at least 4 members (excludes halogenated alkanes) is 1. The number of hydrogen-bond acceptors (Lipinski definition) is 3. The second kappa shape index (κ2) is 8.15. The molecule has 1 heterocycles. The van der Waals surface area contributed by atoms with Crippen LogP contribution in [0.1, 0.15) is 61.8 Å². The lowest BCUT2D eigenvalue weighted by Gasteiger charge is -2.32. The number of rotatable bonds is 7. The van der Waals surface area contributed by atoms with Crippen molar-refractivity contribution in [1.82, 2.24) is 19.6 Å². The SMILES string of the molecule is CCCCN(C)[C@@H]1CCc2c(c(C(=O)N(C)C)nn2CC(C)C)C1. The van der Waals surface area contributed by atoms with Gasteiger partial charge >= 0.3 is 0 Å². The minimum atomic E-state index is 0.0330. The first-order valence-corrected chi connectivity index (χ1v) is 9.35. The van der Waals surface area contributed by atoms with Gasteiger partial charge in [0.2, 0.25) is 0 Å². The summed E-state index contributed by atoms with van der Waals surface area (Å²) in [4.78, 5) is 16.7. The van der Waals surface area contributed by atoms with Gasteiger partial charge in [-0.05, 0) is 45.2 Å². The Morgan fingerprint density at radius 1 is 1.33 bits per heavy atom. The van der Waals surface area contributed by atoms with E-state index in [1.807, 2.05) is 14.1 Å². The van der Waals surface area contributed by atoms with Gasteiger partial charge in [-0.1, -0.05) is 27.2 Å². The molecule has 0 radical (unpaired) electrons. The molecule has 0 bridgehead atoms. The minimum Gasteiger partial charge on any atom is -0.343 e. The molecule has 5 nitrogen and oxygen atoms in total. The molecule has 0 saturated heterocycles. The Morgan fingerprint density at radius 3 is 2.62 bits per heavy atom. The number of hydrogen-bond donors (Lipinski definition) is 0. The van der Waals surface area contributed by atoms with Gasteiger partial charge in [-0.15, -0.1) is 0 Å². The zero-order valence-electron chi connectivity index (χ0n) is 16.3. The maximum Gasteiger partial charge on any atom is 0.274 e. The van der Waals surface area contributed by atoms with Crippen LogP contribution in [0, 0.1) is 5.92 Å². The summed E-state index contributed by atoms with van der Waals surface area (Å²) >= 11 is 0. The van der Waals surface area contributed by atoms with E-state index < -0.39 is 0 Å². The molecule has 1 atom stereocenters. The molecular weight excluding hydrogens is 300 g/mol. The van der Waals surface area contributed by atoms with Crippen molar-refractivity contribution in [3.63, 3.8) is 0 Å². The number of nitrogens with zero attached hydrogens (tertiary/aromatic N) is 4. The Labute approximate surface area is 147 Å². The first kappa shape index (κ1) is 19.0. The van der Waals surface area contributed by atoms with Gasteiger partial charge in [-0.3, -0.25) is 9.48 Å². The van der Waals surface area contributed by atoms with Gasteiger partial charge in [-0.25, -0.2) is 0 Å². The molecule has 1 amide bonds. The molecule has 5 heteroatoms. The molecule has 1 aliphatic rings. The van der Waals surface area contributed by atoms with Crippen LogP contribution in [0.4, 0.5) is 0 Å². The van der Waals surface area contributed by atoms with E-state index in [9.17, 15) is 4.79 Å². The lowest BCUT2D eigenvalue weighted by atomic mass is 9.90. The molecule has 0 saturated carbocycles. The van der Waals surface area contributed by atoms with Crippen LogP contribution in [0.15, 0.2) is 0 Å². The van der Waals surface area contributed by atoms with E-state index in [2.05, 4.69) is 37.4 Å². The average Bonchev–Trinajstić information content (AvgIpc) is 2.88. The highest BCUT2D eigenvalue weighted by Gasteiger charge is 2.31. The first-order valence-electron chi connectivity index (χ1n) is 9.35. The summed E-state index contributed by atoms with van der Waals surface area (Å²) in [5.41, 5.74) is 3.15. The lowest BCUT2D eigenvalue weighted by molar-refractivity contribution is 0.0819. The molecule has 0 unspecified atom stereocenters. The first-order chi connectivity index (χ1) is 11.3. The Kier molecular flexibility index (Phi) is 6.44. The van der Waals surface area contributed by atoms with Gasteiger partial charge in [-0.2, -0.15) is 5.10 Å². The molecule has 1 aliphatic carbocycles. The number of amides is 1. The third-order valence-corrected chi connectivity index (χ3v) is 4.96. The fourth-order valence-electron chi connectivity index (χ4n) is 3.52. The Bertz CT molecular complexity index is 562. The van der Waals surface area contributed by atoms with E-state index in [1.54, 1.807) is 4.90 Å². The number of carbonyl (C=O) groups is 1. The zero-order chi connectivity index (χ0) is 17.9. The number of likely N-dealkylation sites (N-methyl/N-ethyl adjacent to an activating group) is 1. The highest BCUT2D eigenvalue weighted by Crippen LogP contribution is 2.28. The maximum absolute atomic E-state index is 12.6. The van der Waals surface area contributed by atoms with Gasteiger partial charge in [0.15, 0.2) is 5.69 Å². The molecule has 0 N–H and O–H groups in total. The van der Waals surface area contributed by atoms with E-state index in [0.29, 0.717) is 17.7 Å². The van der Waals surface area contributed by atoms with Crippen molar-refractivity contribution in [2.45, 2.75) is 65.5 Å². The van der Waals surface area contributed by atoms with E-state index in [4.69, 9.17) is 5.10 Å². The normalized spacial score (nSPS) is 17.4. The van der Waals surface area contributed by atoms with Gasteiger partial charge < -0.3 is 9.80 Å². The summed E-state index contributed by atoms with van der Waals surface area (Å²) in [6, 6.07) is 0.523. The number of carbonyl (C=O) groups excluding carboxylic acids is 1. The average molecular weight is 335 g/mol. The summed E-state index contributed by atoms with van der Waals surface area (Å²) in [6.07, 6.45) is 5.58. The standard InChI is InChI=1S/C19H34N4O/c1-7-8-11-22(6)15-9-10-17-16(12-15)18(19(24)21(4)5)20-23(17)13-14(2)3/h14-15H,7-13H2,1-6H3/t15-/m1/s1. The van der Waals surface area contributed by atoms with Crippen molar-refractivity contribution >= 4 is 5.91 Å². The molecule has 24 heavy (non-hydrogen) atoms. The smallest absolute Gasteiger partial charge is 0.274 e. The summed E-state index contributed by atoms with van der Waals surface area (Å²) in [5.74, 6) is 0.562. The topological polar surface area (TPSA) is 41.4 Å². The quantitative estimate of drug-likeness (QED) is 0.770. The fourth-order valence-corrected chi connectivity index (χ4v) is 3.52. The highest BCUT2D eigenvalue weighted by atomic mass is 16.2. The Hall–Kier alpha value is -1.36. The van der Waals surface area contributed by atoms with Crippen molar-refractivity contribution in [1.29, 1.82) is 0 Å². The monoisotopic (exact) mass is 334 g/mol. The van der Waals surface area contributed by atoms with Crippen LogP contribution in [0.2, 0.25) is 0 Å². The van der Waals surface area contributed by atoms with Crippen molar-refractivity contribution in [3.8, 4) is 0 Å². The van der Waals surface area contributed by atoms with Crippen molar-refractivity contribution in [3.05, 3.63) is 17.0 Å². The fraction of sp³-hybridized carbons (Fsp3) is 0.789. The van der Waals surface area contributed by atoms with Gasteiger partial charge in [0.25, 0.3) is 5.91 Å². The van der Waals surface area contributed by atoms with E-state index >= 15 is 0 Å². The third kappa shape index (κ3) is 4.18. The number of aromatic nitrogens is 2. The van der Waals surface area contributed by atoms with Crippen LogP contribution < -0.4 is 0 Å². The Balaban J connectivity index is 2.29. The predicted molar refractivity (Wildman–Crippen MR) is 98.4 cm³/mol. The minimum absolute atomic E-state index is 0.0330. The molecule has 2 rings (SSSR count). The summed E-state index contributed by atoms with van der Waals surface area (Å²) in [7, 11) is 5.84. The van der Waals surface area contributed by atoms with Crippen LogP contribution in [0.5, 0.6) is 0 Å².